The summed E-state index contributed by atoms with van der Waals surface area (Å²) < 4.78 is 0. The summed E-state index contributed by atoms with van der Waals surface area (Å²) in [4.78, 5) is 30.1. The number of carbonyl (C=O) groups is 2. The first-order valence-corrected chi connectivity index (χ1v) is 12.8. The topological polar surface area (TPSA) is 96.9 Å². The van der Waals surface area contributed by atoms with Crippen LogP contribution >= 0.6 is 0 Å². The van der Waals surface area contributed by atoms with E-state index in [9.17, 15) is 14.7 Å². The lowest BCUT2D eigenvalue weighted by atomic mass is 9.77. The molecule has 182 valence electrons. The molecule has 0 aromatic carbocycles. The zero-order chi connectivity index (χ0) is 22.7. The summed E-state index contributed by atoms with van der Waals surface area (Å²) in [5.74, 6) is 1.34. The van der Waals surface area contributed by atoms with Gasteiger partial charge in [0.25, 0.3) is 0 Å². The Labute approximate surface area is 192 Å². The Morgan fingerprint density at radius 2 is 1.94 bits per heavy atom. The van der Waals surface area contributed by atoms with E-state index in [1.165, 1.54) is 19.3 Å². The van der Waals surface area contributed by atoms with Gasteiger partial charge in [0.15, 0.2) is 0 Å². The van der Waals surface area contributed by atoms with Gasteiger partial charge in [-0.2, -0.15) is 0 Å². The number of amides is 2. The van der Waals surface area contributed by atoms with Crippen LogP contribution in [0, 0.1) is 17.8 Å². The van der Waals surface area contributed by atoms with Crippen LogP contribution in [0.2, 0.25) is 0 Å². The third-order valence-electron chi connectivity index (χ3n) is 8.38. The summed E-state index contributed by atoms with van der Waals surface area (Å²) in [5, 5.41) is 20.0. The van der Waals surface area contributed by atoms with Crippen molar-refractivity contribution in [3.8, 4) is 0 Å². The summed E-state index contributed by atoms with van der Waals surface area (Å²) in [6.07, 6.45) is 7.78. The molecule has 32 heavy (non-hydrogen) atoms. The Morgan fingerprint density at radius 3 is 2.66 bits per heavy atom. The fraction of sp³-hybridized carbons (Fsp3) is 0.917. The molecule has 4 fully saturated rings. The van der Waals surface area contributed by atoms with Gasteiger partial charge in [-0.25, -0.2) is 0 Å². The van der Waals surface area contributed by atoms with Crippen molar-refractivity contribution < 1.29 is 14.7 Å². The predicted molar refractivity (Wildman–Crippen MR) is 124 cm³/mol. The Morgan fingerprint density at radius 1 is 1.09 bits per heavy atom. The number of nitrogens with one attached hydrogen (secondary N) is 3. The first kappa shape index (κ1) is 23.9. The molecule has 3 heterocycles. The third kappa shape index (κ3) is 5.82. The SMILES string of the molecule is C[C@H](CC1NCCN1C)C1CCCC(NC(=O)C2CC(C(=O)N3CC[C@H](O)C3)CCN2)C1. The predicted octanol–water partition coefficient (Wildman–Crippen LogP) is 0.510. The van der Waals surface area contributed by atoms with Crippen molar-refractivity contribution in [3.63, 3.8) is 0 Å². The van der Waals surface area contributed by atoms with Gasteiger partial charge in [-0.15, -0.1) is 0 Å². The van der Waals surface area contributed by atoms with Crippen LogP contribution in [-0.2, 0) is 9.59 Å². The molecule has 4 aliphatic rings. The van der Waals surface area contributed by atoms with E-state index < -0.39 is 6.10 Å². The van der Waals surface area contributed by atoms with Crippen molar-refractivity contribution >= 4 is 11.8 Å². The summed E-state index contributed by atoms with van der Waals surface area (Å²) in [6.45, 7) is 6.33. The van der Waals surface area contributed by atoms with E-state index in [4.69, 9.17) is 0 Å². The Hall–Kier alpha value is -1.22. The second-order valence-corrected chi connectivity index (χ2v) is 10.8. The van der Waals surface area contributed by atoms with Crippen molar-refractivity contribution in [2.24, 2.45) is 17.8 Å². The fourth-order valence-corrected chi connectivity index (χ4v) is 6.25. The van der Waals surface area contributed by atoms with Crippen molar-refractivity contribution in [1.82, 2.24) is 25.8 Å². The van der Waals surface area contributed by atoms with Crippen LogP contribution in [0.4, 0.5) is 0 Å². The monoisotopic (exact) mass is 449 g/mol. The Balaban J connectivity index is 1.25. The molecule has 0 bridgehead atoms. The lowest BCUT2D eigenvalue weighted by Gasteiger charge is -2.36. The molecule has 4 rings (SSSR count). The zero-order valence-corrected chi connectivity index (χ0v) is 19.9. The summed E-state index contributed by atoms with van der Waals surface area (Å²) in [7, 11) is 2.20. The highest BCUT2D eigenvalue weighted by Gasteiger charge is 2.37. The maximum Gasteiger partial charge on any atom is 0.237 e. The van der Waals surface area contributed by atoms with Crippen LogP contribution in [0.3, 0.4) is 0 Å². The standard InChI is InChI=1S/C24H43N5O3/c1-16(12-22-26-9-11-28(22)2)17-4-3-5-19(13-17)27-23(31)21-14-18(6-8-25-21)24(32)29-10-7-20(30)15-29/h16-22,25-26,30H,3-15H2,1-2H3,(H,27,31)/t16-,17?,18?,19?,20+,21?,22?/m1/s1. The smallest absolute Gasteiger partial charge is 0.237 e. The minimum absolute atomic E-state index is 0.0550. The number of likely N-dealkylation sites (tertiary alicyclic amines) is 1. The number of hydrogen-bond acceptors (Lipinski definition) is 6. The summed E-state index contributed by atoms with van der Waals surface area (Å²) >= 11 is 0. The minimum Gasteiger partial charge on any atom is -0.391 e. The molecule has 7 atom stereocenters. The molecule has 3 aliphatic heterocycles. The van der Waals surface area contributed by atoms with Crippen molar-refractivity contribution in [2.45, 2.75) is 82.6 Å². The van der Waals surface area contributed by atoms with Gasteiger partial charge in [0, 0.05) is 38.1 Å². The number of piperidine rings is 1. The van der Waals surface area contributed by atoms with Crippen LogP contribution in [0.15, 0.2) is 0 Å². The first-order valence-electron chi connectivity index (χ1n) is 12.8. The second kappa shape index (κ2) is 10.8. The van der Waals surface area contributed by atoms with E-state index in [0.29, 0.717) is 50.5 Å². The lowest BCUT2D eigenvalue weighted by molar-refractivity contribution is -0.136. The molecule has 8 nitrogen and oxygen atoms in total. The quantitative estimate of drug-likeness (QED) is 0.472. The number of β-amino-alcohol motifs (C(OH)–C–C–N with tert-alkyl or cyclic N) is 1. The molecule has 0 spiro atoms. The van der Waals surface area contributed by atoms with Gasteiger partial charge in [-0.05, 0) is 64.0 Å². The van der Waals surface area contributed by atoms with Gasteiger partial charge >= 0.3 is 0 Å². The van der Waals surface area contributed by atoms with E-state index in [2.05, 4.69) is 34.8 Å². The van der Waals surface area contributed by atoms with E-state index >= 15 is 0 Å². The molecule has 8 heteroatoms. The van der Waals surface area contributed by atoms with Gasteiger partial charge < -0.3 is 26.0 Å². The van der Waals surface area contributed by atoms with E-state index in [1.54, 1.807) is 4.90 Å². The highest BCUT2D eigenvalue weighted by atomic mass is 16.3. The fourth-order valence-electron chi connectivity index (χ4n) is 6.25. The largest absolute Gasteiger partial charge is 0.391 e. The molecule has 1 aliphatic carbocycles. The van der Waals surface area contributed by atoms with Crippen LogP contribution in [0.1, 0.15) is 58.3 Å². The van der Waals surface area contributed by atoms with Gasteiger partial charge in [-0.1, -0.05) is 19.8 Å². The molecule has 0 aromatic rings. The number of carbonyl (C=O) groups excluding carboxylic acids is 2. The van der Waals surface area contributed by atoms with Crippen molar-refractivity contribution in [3.05, 3.63) is 0 Å². The van der Waals surface area contributed by atoms with E-state index in [-0.39, 0.29) is 29.8 Å². The molecule has 0 aromatic heterocycles. The number of nitrogens with zero attached hydrogens (tertiary/aromatic N) is 2. The minimum atomic E-state index is -0.397. The van der Waals surface area contributed by atoms with Crippen molar-refractivity contribution in [2.75, 3.05) is 39.8 Å². The average Bonchev–Trinajstić information content (AvgIpc) is 3.41. The summed E-state index contributed by atoms with van der Waals surface area (Å²) in [5.41, 5.74) is 0. The third-order valence-corrected chi connectivity index (χ3v) is 8.38. The maximum absolute atomic E-state index is 13.1. The molecule has 0 radical (unpaired) electrons. The number of hydrogen-bond donors (Lipinski definition) is 4. The molecule has 1 saturated carbocycles. The summed E-state index contributed by atoms with van der Waals surface area (Å²) in [6, 6.07) is -0.0519. The van der Waals surface area contributed by atoms with Crippen LogP contribution in [0.25, 0.3) is 0 Å². The lowest BCUT2D eigenvalue weighted by Crippen LogP contribution is -2.54. The zero-order valence-electron chi connectivity index (χ0n) is 19.9. The average molecular weight is 450 g/mol. The van der Waals surface area contributed by atoms with Gasteiger partial charge in [0.1, 0.15) is 0 Å². The molecular formula is C24H43N5O3. The highest BCUT2D eigenvalue weighted by Crippen LogP contribution is 2.33. The second-order valence-electron chi connectivity index (χ2n) is 10.8. The number of likely N-dealkylation sites (N-methyl/N-ethyl adjacent to an activating group) is 1. The highest BCUT2D eigenvalue weighted by molar-refractivity contribution is 5.85. The van der Waals surface area contributed by atoms with E-state index in [0.717, 1.165) is 32.4 Å². The van der Waals surface area contributed by atoms with Gasteiger partial charge in [-0.3, -0.25) is 14.5 Å². The van der Waals surface area contributed by atoms with Crippen LogP contribution in [-0.4, -0.2) is 90.8 Å². The maximum atomic E-state index is 13.1. The number of aliphatic hydroxyl groups is 1. The molecular weight excluding hydrogens is 406 g/mol. The molecule has 4 N–H and O–H groups in total. The normalized spacial score (nSPS) is 37.4. The Kier molecular flexibility index (Phi) is 8.08. The van der Waals surface area contributed by atoms with Crippen molar-refractivity contribution in [1.29, 1.82) is 0 Å². The molecule has 3 saturated heterocycles. The van der Waals surface area contributed by atoms with Crippen LogP contribution in [0.5, 0.6) is 0 Å². The van der Waals surface area contributed by atoms with Gasteiger partial charge in [0.05, 0.1) is 18.3 Å². The first-order chi connectivity index (χ1) is 15.4. The molecule has 2 amide bonds. The van der Waals surface area contributed by atoms with Crippen LogP contribution < -0.4 is 16.0 Å². The molecule has 5 unspecified atom stereocenters. The van der Waals surface area contributed by atoms with E-state index in [1.807, 2.05) is 0 Å². The Bertz CT molecular complexity index is 662. The number of rotatable bonds is 6. The number of aliphatic hydroxyl groups excluding tert-OH is 1. The van der Waals surface area contributed by atoms with Gasteiger partial charge in [0.2, 0.25) is 11.8 Å².